The van der Waals surface area contributed by atoms with Crippen LogP contribution in [0.2, 0.25) is 0 Å². The molecule has 1 fully saturated rings. The highest BCUT2D eigenvalue weighted by Gasteiger charge is 2.28. The SMILES string of the molecule is COc1ccc(NC(=O)[C@H](C)Nc2ccc(N3CCCS3(=O)=O)cc2)cc1. The molecule has 1 heterocycles. The van der Waals surface area contributed by atoms with Crippen molar-refractivity contribution >= 4 is 33.0 Å². The second kappa shape index (κ2) is 7.87. The van der Waals surface area contributed by atoms with E-state index >= 15 is 0 Å². The number of carbonyl (C=O) groups is 1. The van der Waals surface area contributed by atoms with Crippen LogP contribution in [-0.4, -0.2) is 39.8 Å². The van der Waals surface area contributed by atoms with Crippen LogP contribution < -0.4 is 19.7 Å². The first-order valence-electron chi connectivity index (χ1n) is 8.71. The summed E-state index contributed by atoms with van der Waals surface area (Å²) in [4.78, 5) is 12.3. The monoisotopic (exact) mass is 389 g/mol. The zero-order chi connectivity index (χ0) is 19.4. The molecule has 2 aromatic carbocycles. The number of nitrogens with zero attached hydrogens (tertiary/aromatic N) is 1. The third kappa shape index (κ3) is 4.51. The van der Waals surface area contributed by atoms with Crippen LogP contribution in [0.15, 0.2) is 48.5 Å². The highest BCUT2D eigenvalue weighted by atomic mass is 32.2. The van der Waals surface area contributed by atoms with Gasteiger partial charge >= 0.3 is 0 Å². The summed E-state index contributed by atoms with van der Waals surface area (Å²) >= 11 is 0. The molecule has 1 atom stereocenters. The number of ether oxygens (including phenoxy) is 1. The van der Waals surface area contributed by atoms with Crippen LogP contribution >= 0.6 is 0 Å². The highest BCUT2D eigenvalue weighted by molar-refractivity contribution is 7.93. The van der Waals surface area contributed by atoms with Crippen LogP contribution in [0.25, 0.3) is 0 Å². The van der Waals surface area contributed by atoms with E-state index in [1.54, 1.807) is 62.6 Å². The van der Waals surface area contributed by atoms with Crippen LogP contribution in [-0.2, 0) is 14.8 Å². The summed E-state index contributed by atoms with van der Waals surface area (Å²) in [5.41, 5.74) is 2.07. The lowest BCUT2D eigenvalue weighted by Crippen LogP contribution is -2.31. The molecule has 144 valence electrons. The minimum absolute atomic E-state index is 0.175. The Morgan fingerprint density at radius 2 is 1.70 bits per heavy atom. The number of rotatable bonds is 6. The van der Waals surface area contributed by atoms with E-state index in [9.17, 15) is 13.2 Å². The minimum Gasteiger partial charge on any atom is -0.497 e. The average molecular weight is 389 g/mol. The van der Waals surface area contributed by atoms with Gasteiger partial charge in [0, 0.05) is 17.9 Å². The van der Waals surface area contributed by atoms with Crippen LogP contribution in [0.4, 0.5) is 17.1 Å². The second-order valence-corrected chi connectivity index (χ2v) is 8.39. The van der Waals surface area contributed by atoms with Gasteiger partial charge < -0.3 is 15.4 Å². The Morgan fingerprint density at radius 1 is 1.07 bits per heavy atom. The summed E-state index contributed by atoms with van der Waals surface area (Å²) in [6, 6.07) is 13.7. The van der Waals surface area contributed by atoms with Gasteiger partial charge in [-0.05, 0) is 61.9 Å². The molecule has 27 heavy (non-hydrogen) atoms. The maximum Gasteiger partial charge on any atom is 0.246 e. The molecule has 0 aliphatic carbocycles. The van der Waals surface area contributed by atoms with E-state index < -0.39 is 16.1 Å². The summed E-state index contributed by atoms with van der Waals surface area (Å²) in [6.07, 6.45) is 0.644. The van der Waals surface area contributed by atoms with Gasteiger partial charge in [-0.3, -0.25) is 9.10 Å². The number of methoxy groups -OCH3 is 1. The number of hydrogen-bond acceptors (Lipinski definition) is 5. The molecular weight excluding hydrogens is 366 g/mol. The zero-order valence-electron chi connectivity index (χ0n) is 15.3. The normalized spacial score (nSPS) is 16.6. The first-order valence-corrected chi connectivity index (χ1v) is 10.3. The average Bonchev–Trinajstić information content (AvgIpc) is 3.02. The molecule has 0 aromatic heterocycles. The van der Waals surface area contributed by atoms with Gasteiger partial charge in [-0.2, -0.15) is 0 Å². The Labute approximate surface area is 159 Å². The third-order valence-electron chi connectivity index (χ3n) is 4.39. The minimum atomic E-state index is -3.19. The van der Waals surface area contributed by atoms with Crippen LogP contribution in [0.5, 0.6) is 5.75 Å². The number of nitrogens with one attached hydrogen (secondary N) is 2. The maximum atomic E-state index is 12.3. The van der Waals surface area contributed by atoms with Crippen LogP contribution in [0.1, 0.15) is 13.3 Å². The molecule has 0 saturated carbocycles. The summed E-state index contributed by atoms with van der Waals surface area (Å²) in [6.45, 7) is 2.27. The Bertz CT molecular complexity index is 896. The van der Waals surface area contributed by atoms with Crippen molar-refractivity contribution in [2.24, 2.45) is 0 Å². The predicted octanol–water partition coefficient (Wildman–Crippen LogP) is 2.67. The van der Waals surface area contributed by atoms with Crippen molar-refractivity contribution < 1.29 is 17.9 Å². The lowest BCUT2D eigenvalue weighted by atomic mass is 10.2. The van der Waals surface area contributed by atoms with E-state index in [0.717, 1.165) is 11.4 Å². The standard InChI is InChI=1S/C19H23N3O4S/c1-14(19(23)21-16-6-10-18(26-2)11-7-16)20-15-4-8-17(9-5-15)22-12-3-13-27(22,24)25/h4-11,14,20H,3,12-13H2,1-2H3,(H,21,23)/t14-/m0/s1. The van der Waals surface area contributed by atoms with Gasteiger partial charge in [-0.1, -0.05) is 0 Å². The van der Waals surface area contributed by atoms with Gasteiger partial charge in [-0.25, -0.2) is 8.42 Å². The Hall–Kier alpha value is -2.74. The number of benzene rings is 2. The number of amides is 1. The fourth-order valence-corrected chi connectivity index (χ4v) is 4.46. The maximum absolute atomic E-state index is 12.3. The Balaban J connectivity index is 1.59. The number of sulfonamides is 1. The lowest BCUT2D eigenvalue weighted by Gasteiger charge is -2.19. The van der Waals surface area contributed by atoms with Crippen LogP contribution in [0.3, 0.4) is 0 Å². The Morgan fingerprint density at radius 3 is 2.26 bits per heavy atom. The molecule has 2 N–H and O–H groups in total. The number of carbonyl (C=O) groups excluding carboxylic acids is 1. The molecule has 0 radical (unpaired) electrons. The largest absolute Gasteiger partial charge is 0.497 e. The molecule has 1 saturated heterocycles. The summed E-state index contributed by atoms with van der Waals surface area (Å²) in [5, 5.41) is 5.95. The zero-order valence-corrected chi connectivity index (χ0v) is 16.1. The molecule has 0 spiro atoms. The van der Waals surface area contributed by atoms with Crippen molar-refractivity contribution in [2.75, 3.05) is 34.3 Å². The van der Waals surface area contributed by atoms with Crippen molar-refractivity contribution in [3.05, 3.63) is 48.5 Å². The fraction of sp³-hybridized carbons (Fsp3) is 0.316. The quantitative estimate of drug-likeness (QED) is 0.793. The van der Waals surface area contributed by atoms with E-state index in [1.165, 1.54) is 4.31 Å². The van der Waals surface area contributed by atoms with Crippen molar-refractivity contribution in [3.63, 3.8) is 0 Å². The first-order chi connectivity index (χ1) is 12.9. The van der Waals surface area contributed by atoms with E-state index in [-0.39, 0.29) is 11.7 Å². The predicted molar refractivity (Wildman–Crippen MR) is 107 cm³/mol. The van der Waals surface area contributed by atoms with Crippen molar-refractivity contribution in [3.8, 4) is 5.75 Å². The van der Waals surface area contributed by atoms with E-state index in [4.69, 9.17) is 4.74 Å². The second-order valence-electron chi connectivity index (χ2n) is 6.37. The van der Waals surface area contributed by atoms with Crippen LogP contribution in [0, 0.1) is 0 Å². The van der Waals surface area contributed by atoms with Gasteiger partial charge in [0.1, 0.15) is 11.8 Å². The van der Waals surface area contributed by atoms with Gasteiger partial charge in [0.2, 0.25) is 15.9 Å². The molecule has 8 heteroatoms. The van der Waals surface area contributed by atoms with Crippen molar-refractivity contribution in [1.82, 2.24) is 0 Å². The topological polar surface area (TPSA) is 87.7 Å². The summed E-state index contributed by atoms with van der Waals surface area (Å²) in [7, 11) is -1.60. The molecule has 2 aromatic rings. The lowest BCUT2D eigenvalue weighted by molar-refractivity contribution is -0.116. The summed E-state index contributed by atoms with van der Waals surface area (Å²) in [5.74, 6) is 0.737. The Kier molecular flexibility index (Phi) is 5.55. The number of anilines is 3. The van der Waals surface area contributed by atoms with E-state index in [2.05, 4.69) is 10.6 Å². The summed E-state index contributed by atoms with van der Waals surface area (Å²) < 4.78 is 30.5. The third-order valence-corrected chi connectivity index (χ3v) is 6.26. The van der Waals surface area contributed by atoms with Gasteiger partial charge in [0.15, 0.2) is 0 Å². The van der Waals surface area contributed by atoms with Gasteiger partial charge in [0.05, 0.1) is 18.6 Å². The van der Waals surface area contributed by atoms with Gasteiger partial charge in [-0.15, -0.1) is 0 Å². The molecule has 1 aliphatic heterocycles. The fourth-order valence-electron chi connectivity index (χ4n) is 2.89. The number of hydrogen-bond donors (Lipinski definition) is 2. The highest BCUT2D eigenvalue weighted by Crippen LogP contribution is 2.25. The molecule has 1 amide bonds. The molecule has 7 nitrogen and oxygen atoms in total. The van der Waals surface area contributed by atoms with E-state index in [1.807, 2.05) is 0 Å². The molecule has 0 unspecified atom stereocenters. The first kappa shape index (κ1) is 19.0. The molecule has 0 bridgehead atoms. The molecule has 1 aliphatic rings. The molecular formula is C19H23N3O4S. The van der Waals surface area contributed by atoms with Gasteiger partial charge in [0.25, 0.3) is 0 Å². The smallest absolute Gasteiger partial charge is 0.246 e. The van der Waals surface area contributed by atoms with E-state index in [0.29, 0.717) is 24.3 Å². The van der Waals surface area contributed by atoms with Crippen molar-refractivity contribution in [2.45, 2.75) is 19.4 Å². The van der Waals surface area contributed by atoms with Crippen molar-refractivity contribution in [1.29, 1.82) is 0 Å². The molecule has 3 rings (SSSR count).